The van der Waals surface area contributed by atoms with Crippen LogP contribution in [0.15, 0.2) is 63.3 Å². The van der Waals surface area contributed by atoms with Crippen LogP contribution in [0.2, 0.25) is 0 Å². The van der Waals surface area contributed by atoms with Crippen LogP contribution >= 0.6 is 27.7 Å². The molecule has 2 aromatic carbocycles. The molecule has 3 rings (SSSR count). The van der Waals surface area contributed by atoms with E-state index in [1.54, 1.807) is 16.4 Å². The van der Waals surface area contributed by atoms with Crippen molar-refractivity contribution >= 4 is 39.6 Å². The molecule has 1 heterocycles. The van der Waals surface area contributed by atoms with E-state index < -0.39 is 0 Å². The van der Waals surface area contributed by atoms with Gasteiger partial charge in [-0.1, -0.05) is 52.0 Å². The van der Waals surface area contributed by atoms with Gasteiger partial charge in [0.1, 0.15) is 0 Å². The number of halogens is 1. The monoisotopic (exact) mass is 429 g/mol. The van der Waals surface area contributed by atoms with E-state index in [-0.39, 0.29) is 0 Å². The number of benzene rings is 2. The molecule has 0 aliphatic heterocycles. The maximum absolute atomic E-state index is 4.56. The second kappa shape index (κ2) is 8.51. The molecule has 7 heteroatoms. The van der Waals surface area contributed by atoms with Crippen molar-refractivity contribution in [1.29, 1.82) is 0 Å². The lowest BCUT2D eigenvalue weighted by atomic mass is 10.2. The van der Waals surface area contributed by atoms with Crippen LogP contribution in [-0.4, -0.2) is 35.2 Å². The number of anilines is 1. The van der Waals surface area contributed by atoms with Crippen LogP contribution in [0.3, 0.4) is 0 Å². The molecule has 0 fully saturated rings. The Morgan fingerprint density at radius 2 is 1.77 bits per heavy atom. The summed E-state index contributed by atoms with van der Waals surface area (Å²) in [6, 6.07) is 16.5. The summed E-state index contributed by atoms with van der Waals surface area (Å²) in [5, 5.41) is 13.7. The van der Waals surface area contributed by atoms with Gasteiger partial charge in [-0.05, 0) is 42.3 Å². The third kappa shape index (κ3) is 4.74. The first-order valence-electron chi connectivity index (χ1n) is 8.14. The molecule has 1 aromatic heterocycles. The summed E-state index contributed by atoms with van der Waals surface area (Å²) in [7, 11) is 4.05. The van der Waals surface area contributed by atoms with Gasteiger partial charge < -0.3 is 4.90 Å². The van der Waals surface area contributed by atoms with Gasteiger partial charge in [0.05, 0.1) is 6.21 Å². The van der Waals surface area contributed by atoms with Crippen LogP contribution < -0.4 is 4.90 Å². The first kappa shape index (κ1) is 18.7. The summed E-state index contributed by atoms with van der Waals surface area (Å²) in [5.41, 5.74) is 3.43. The first-order chi connectivity index (χ1) is 12.5. The second-order valence-electron chi connectivity index (χ2n) is 5.99. The van der Waals surface area contributed by atoms with Crippen molar-refractivity contribution in [3.8, 4) is 0 Å². The fourth-order valence-electron chi connectivity index (χ4n) is 2.27. The lowest BCUT2D eigenvalue weighted by Gasteiger charge is -2.11. The van der Waals surface area contributed by atoms with Crippen molar-refractivity contribution in [2.24, 2.45) is 5.10 Å². The molecule has 0 radical (unpaired) electrons. The number of rotatable bonds is 6. The summed E-state index contributed by atoms with van der Waals surface area (Å²) in [6.07, 6.45) is 1.83. The molecule has 134 valence electrons. The van der Waals surface area contributed by atoms with E-state index >= 15 is 0 Å². The predicted octanol–water partition coefficient (Wildman–Crippen LogP) is 4.59. The largest absolute Gasteiger partial charge is 0.378 e. The highest BCUT2D eigenvalue weighted by Crippen LogP contribution is 2.23. The van der Waals surface area contributed by atoms with Gasteiger partial charge in [-0.15, -0.1) is 10.2 Å². The lowest BCUT2D eigenvalue weighted by Crippen LogP contribution is -2.08. The van der Waals surface area contributed by atoms with Crippen molar-refractivity contribution < 1.29 is 0 Å². The van der Waals surface area contributed by atoms with Gasteiger partial charge in [0.15, 0.2) is 5.82 Å². The molecular formula is C19H20BrN5S. The number of hydrogen-bond donors (Lipinski definition) is 0. The van der Waals surface area contributed by atoms with Gasteiger partial charge >= 0.3 is 0 Å². The zero-order valence-electron chi connectivity index (χ0n) is 14.9. The molecule has 0 bridgehead atoms. The Hall–Kier alpha value is -2.12. The Morgan fingerprint density at radius 1 is 1.08 bits per heavy atom. The zero-order valence-corrected chi connectivity index (χ0v) is 17.3. The van der Waals surface area contributed by atoms with Crippen molar-refractivity contribution in [2.45, 2.75) is 17.8 Å². The van der Waals surface area contributed by atoms with E-state index in [9.17, 15) is 0 Å². The highest BCUT2D eigenvalue weighted by molar-refractivity contribution is 9.10. The predicted molar refractivity (Wildman–Crippen MR) is 112 cm³/mol. The van der Waals surface area contributed by atoms with E-state index in [4.69, 9.17) is 0 Å². The topological polar surface area (TPSA) is 46.3 Å². The van der Waals surface area contributed by atoms with Crippen molar-refractivity contribution in [3.05, 3.63) is 70.0 Å². The van der Waals surface area contributed by atoms with Crippen LogP contribution in [0, 0.1) is 6.92 Å². The van der Waals surface area contributed by atoms with Gasteiger partial charge in [0.25, 0.3) is 0 Å². The minimum absolute atomic E-state index is 0.768. The Morgan fingerprint density at radius 3 is 2.42 bits per heavy atom. The molecular weight excluding hydrogens is 410 g/mol. The Balaban J connectivity index is 1.71. The number of aromatic nitrogens is 3. The van der Waals surface area contributed by atoms with Gasteiger partial charge in [0, 0.05) is 30.0 Å². The normalized spacial score (nSPS) is 11.2. The summed E-state index contributed by atoms with van der Waals surface area (Å²) in [6.45, 7) is 1.91. The van der Waals surface area contributed by atoms with E-state index in [2.05, 4.69) is 60.4 Å². The van der Waals surface area contributed by atoms with Crippen LogP contribution in [-0.2, 0) is 5.75 Å². The fourth-order valence-corrected chi connectivity index (χ4v) is 3.43. The van der Waals surface area contributed by atoms with E-state index in [1.807, 2.05) is 51.5 Å². The molecule has 3 aromatic rings. The lowest BCUT2D eigenvalue weighted by molar-refractivity contribution is 0.744. The van der Waals surface area contributed by atoms with Crippen LogP contribution in [0.5, 0.6) is 0 Å². The molecule has 0 atom stereocenters. The van der Waals surface area contributed by atoms with Gasteiger partial charge in [-0.3, -0.25) is 0 Å². The Labute approximate surface area is 166 Å². The third-order valence-electron chi connectivity index (χ3n) is 3.78. The Bertz CT molecular complexity index is 885. The van der Waals surface area contributed by atoms with Crippen molar-refractivity contribution in [3.63, 3.8) is 0 Å². The number of nitrogens with zero attached hydrogens (tertiary/aromatic N) is 5. The standard InChI is InChI=1S/C19H20BrN5S/c1-14-22-23-19(26-13-16-4-8-17(20)9-5-16)25(14)21-12-15-6-10-18(11-7-15)24(2)3/h4-12H,13H2,1-3H3/b21-12+. The van der Waals surface area contributed by atoms with E-state index in [1.165, 1.54) is 5.56 Å². The maximum atomic E-state index is 4.56. The second-order valence-corrected chi connectivity index (χ2v) is 7.85. The minimum Gasteiger partial charge on any atom is -0.378 e. The summed E-state index contributed by atoms with van der Waals surface area (Å²) >= 11 is 5.08. The van der Waals surface area contributed by atoms with Crippen molar-refractivity contribution in [1.82, 2.24) is 14.9 Å². The molecule has 26 heavy (non-hydrogen) atoms. The molecule has 0 aliphatic rings. The maximum Gasteiger partial charge on any atom is 0.212 e. The molecule has 5 nitrogen and oxygen atoms in total. The quantitative estimate of drug-likeness (QED) is 0.424. The van der Waals surface area contributed by atoms with Gasteiger partial charge in [0.2, 0.25) is 5.16 Å². The number of hydrogen-bond acceptors (Lipinski definition) is 5. The molecule has 0 saturated heterocycles. The highest BCUT2D eigenvalue weighted by atomic mass is 79.9. The number of aryl methyl sites for hydroxylation is 1. The van der Waals surface area contributed by atoms with Crippen molar-refractivity contribution in [2.75, 3.05) is 19.0 Å². The molecule has 0 spiro atoms. The molecule has 0 N–H and O–H groups in total. The average Bonchev–Trinajstić information content (AvgIpc) is 2.99. The smallest absolute Gasteiger partial charge is 0.212 e. The average molecular weight is 430 g/mol. The summed E-state index contributed by atoms with van der Waals surface area (Å²) in [5.74, 6) is 1.59. The summed E-state index contributed by atoms with van der Waals surface area (Å²) < 4.78 is 2.86. The third-order valence-corrected chi connectivity index (χ3v) is 5.30. The molecule has 0 saturated carbocycles. The Kier molecular flexibility index (Phi) is 6.11. The highest BCUT2D eigenvalue weighted by Gasteiger charge is 2.08. The fraction of sp³-hybridized carbons (Fsp3) is 0.211. The minimum atomic E-state index is 0.768. The molecule has 0 unspecified atom stereocenters. The van der Waals surface area contributed by atoms with Crippen LogP contribution in [0.4, 0.5) is 5.69 Å². The van der Waals surface area contributed by atoms with Gasteiger partial charge in [-0.25, -0.2) is 0 Å². The van der Waals surface area contributed by atoms with E-state index in [0.29, 0.717) is 0 Å². The summed E-state index contributed by atoms with van der Waals surface area (Å²) in [4.78, 5) is 2.07. The molecule has 0 aliphatic carbocycles. The van der Waals surface area contributed by atoms with E-state index in [0.717, 1.165) is 32.5 Å². The van der Waals surface area contributed by atoms with Crippen LogP contribution in [0.1, 0.15) is 17.0 Å². The molecule has 0 amide bonds. The van der Waals surface area contributed by atoms with Crippen LogP contribution in [0.25, 0.3) is 0 Å². The van der Waals surface area contributed by atoms with Gasteiger partial charge in [-0.2, -0.15) is 9.78 Å². The zero-order chi connectivity index (χ0) is 18.5. The number of thioether (sulfide) groups is 1. The SMILES string of the molecule is Cc1nnc(SCc2ccc(Br)cc2)n1/N=C/c1ccc(N(C)C)cc1. The first-order valence-corrected chi connectivity index (χ1v) is 9.92.